The normalized spacial score (nSPS) is 13.1. The molecule has 0 fully saturated rings. The van der Waals surface area contributed by atoms with E-state index in [1.807, 2.05) is 30.3 Å². The number of halogens is 1. The van der Waals surface area contributed by atoms with Crippen LogP contribution in [-0.2, 0) is 17.8 Å². The molecular formula is C21H18BrNO5S. The summed E-state index contributed by atoms with van der Waals surface area (Å²) in [5, 5.41) is 0. The summed E-state index contributed by atoms with van der Waals surface area (Å²) in [7, 11) is 1.32. The quantitative estimate of drug-likeness (QED) is 0.482. The number of carbonyl (C=O) groups excluding carboxylic acids is 2. The van der Waals surface area contributed by atoms with Gasteiger partial charge in [0.1, 0.15) is 17.9 Å². The zero-order valence-electron chi connectivity index (χ0n) is 15.6. The third-order valence-corrected chi connectivity index (χ3v) is 6.33. The Balaban J connectivity index is 1.62. The first-order chi connectivity index (χ1) is 14.1. The van der Waals surface area contributed by atoms with Crippen LogP contribution in [0.3, 0.4) is 0 Å². The van der Waals surface area contributed by atoms with Crippen molar-refractivity contribution >= 4 is 44.8 Å². The maximum absolute atomic E-state index is 13.1. The molecule has 1 aliphatic heterocycles. The minimum atomic E-state index is -0.479. The Morgan fingerprint density at radius 3 is 2.86 bits per heavy atom. The summed E-state index contributed by atoms with van der Waals surface area (Å²) in [6.07, 6.45) is 3.19. The number of esters is 1. The van der Waals surface area contributed by atoms with Crippen LogP contribution in [0.2, 0.25) is 0 Å². The standard InChI is InChI=1S/C21H18BrNO5S/c1-26-21(25)14-9-11-27-16(14)12-28-15-6-2-4-13-5-3-10-23(19(13)15)20(24)17-7-8-18(22)29-17/h2,4,6-9,11H,3,5,10,12H2,1H3. The van der Waals surface area contributed by atoms with E-state index in [2.05, 4.69) is 15.9 Å². The van der Waals surface area contributed by atoms with E-state index < -0.39 is 5.97 Å². The van der Waals surface area contributed by atoms with Gasteiger partial charge in [-0.1, -0.05) is 12.1 Å². The van der Waals surface area contributed by atoms with Crippen LogP contribution in [0.25, 0.3) is 0 Å². The van der Waals surface area contributed by atoms with Crippen LogP contribution in [0, 0.1) is 0 Å². The van der Waals surface area contributed by atoms with Gasteiger partial charge in [0.2, 0.25) is 0 Å². The van der Waals surface area contributed by atoms with Gasteiger partial charge in [-0.15, -0.1) is 11.3 Å². The summed E-state index contributed by atoms with van der Waals surface area (Å²) >= 11 is 4.82. The van der Waals surface area contributed by atoms with Gasteiger partial charge in [-0.05, 0) is 58.6 Å². The van der Waals surface area contributed by atoms with Crippen LogP contribution in [0.1, 0.15) is 37.8 Å². The Bertz CT molecular complexity index is 1060. The predicted octanol–water partition coefficient (Wildman–Crippen LogP) is 5.06. The van der Waals surface area contributed by atoms with Crippen molar-refractivity contribution in [3.63, 3.8) is 0 Å². The highest BCUT2D eigenvalue weighted by atomic mass is 79.9. The van der Waals surface area contributed by atoms with Gasteiger partial charge >= 0.3 is 5.97 Å². The van der Waals surface area contributed by atoms with Gasteiger partial charge in [0, 0.05) is 6.54 Å². The van der Waals surface area contributed by atoms with Crippen LogP contribution in [0.15, 0.2) is 50.9 Å². The molecule has 1 aliphatic rings. The summed E-state index contributed by atoms with van der Waals surface area (Å²) in [5.41, 5.74) is 2.17. The number of thiophene rings is 1. The van der Waals surface area contributed by atoms with Crippen LogP contribution < -0.4 is 9.64 Å². The molecule has 0 N–H and O–H groups in total. The Labute approximate surface area is 180 Å². The van der Waals surface area contributed by atoms with Crippen molar-refractivity contribution in [1.82, 2.24) is 0 Å². The fraction of sp³-hybridized carbons (Fsp3) is 0.238. The number of para-hydroxylation sites is 1. The fourth-order valence-corrected chi connectivity index (χ4v) is 4.72. The topological polar surface area (TPSA) is 69.0 Å². The number of nitrogens with zero attached hydrogens (tertiary/aromatic N) is 1. The second-order valence-corrected chi connectivity index (χ2v) is 8.93. The van der Waals surface area contributed by atoms with Gasteiger partial charge in [0.25, 0.3) is 5.91 Å². The molecular weight excluding hydrogens is 458 g/mol. The fourth-order valence-electron chi connectivity index (χ4n) is 3.38. The molecule has 8 heteroatoms. The van der Waals surface area contributed by atoms with Gasteiger partial charge in [-0.2, -0.15) is 0 Å². The number of methoxy groups -OCH3 is 1. The minimum absolute atomic E-state index is 0.0500. The van der Waals surface area contributed by atoms with Gasteiger partial charge in [0.05, 0.1) is 27.7 Å². The van der Waals surface area contributed by atoms with Crippen LogP contribution in [0.5, 0.6) is 5.75 Å². The smallest absolute Gasteiger partial charge is 0.341 e. The Kier molecular flexibility index (Phi) is 5.73. The highest BCUT2D eigenvalue weighted by molar-refractivity contribution is 9.11. The number of benzene rings is 1. The van der Waals surface area contributed by atoms with E-state index in [4.69, 9.17) is 13.9 Å². The molecule has 150 valence electrons. The number of aryl methyl sites for hydroxylation is 1. The molecule has 3 heterocycles. The van der Waals surface area contributed by atoms with Gasteiger partial charge in [0.15, 0.2) is 5.76 Å². The SMILES string of the molecule is COC(=O)c1ccoc1COc1cccc2c1N(C(=O)c1ccc(Br)s1)CCC2. The summed E-state index contributed by atoms with van der Waals surface area (Å²) in [4.78, 5) is 27.4. The van der Waals surface area contributed by atoms with Crippen molar-refractivity contribution in [2.24, 2.45) is 0 Å². The largest absolute Gasteiger partial charge is 0.483 e. The van der Waals surface area contributed by atoms with Crippen molar-refractivity contribution in [3.05, 3.63) is 68.2 Å². The van der Waals surface area contributed by atoms with E-state index in [1.54, 1.807) is 11.0 Å². The number of furan rings is 1. The lowest BCUT2D eigenvalue weighted by Gasteiger charge is -2.31. The van der Waals surface area contributed by atoms with Gasteiger partial charge in [-0.25, -0.2) is 4.79 Å². The second kappa shape index (κ2) is 8.42. The van der Waals surface area contributed by atoms with Crippen molar-refractivity contribution in [2.75, 3.05) is 18.6 Å². The Morgan fingerprint density at radius 2 is 2.10 bits per heavy atom. The molecule has 2 aromatic heterocycles. The van der Waals surface area contributed by atoms with Gasteiger partial charge in [-0.3, -0.25) is 4.79 Å². The molecule has 4 rings (SSSR count). The summed E-state index contributed by atoms with van der Waals surface area (Å²) in [6.45, 7) is 0.677. The van der Waals surface area contributed by atoms with Crippen molar-refractivity contribution in [1.29, 1.82) is 0 Å². The van der Waals surface area contributed by atoms with Crippen molar-refractivity contribution in [2.45, 2.75) is 19.4 Å². The molecule has 0 aliphatic carbocycles. The number of hydrogen-bond acceptors (Lipinski definition) is 6. The van der Waals surface area contributed by atoms with E-state index in [-0.39, 0.29) is 12.5 Å². The molecule has 1 aromatic carbocycles. The number of carbonyl (C=O) groups is 2. The zero-order chi connectivity index (χ0) is 20.4. The first-order valence-corrected chi connectivity index (χ1v) is 10.7. The molecule has 0 spiro atoms. The number of hydrogen-bond donors (Lipinski definition) is 0. The number of fused-ring (bicyclic) bond motifs is 1. The lowest BCUT2D eigenvalue weighted by molar-refractivity contribution is 0.0595. The molecule has 0 atom stereocenters. The predicted molar refractivity (Wildman–Crippen MR) is 113 cm³/mol. The van der Waals surface area contributed by atoms with E-state index in [0.717, 1.165) is 27.9 Å². The van der Waals surface area contributed by atoms with Crippen LogP contribution in [-0.4, -0.2) is 25.5 Å². The Morgan fingerprint density at radius 1 is 1.24 bits per heavy atom. The molecule has 3 aromatic rings. The lowest BCUT2D eigenvalue weighted by atomic mass is 10.0. The molecule has 0 bridgehead atoms. The van der Waals surface area contributed by atoms with E-state index >= 15 is 0 Å². The highest BCUT2D eigenvalue weighted by Crippen LogP contribution is 2.38. The first kappa shape index (κ1) is 19.7. The Hall–Kier alpha value is -2.58. The average molecular weight is 476 g/mol. The number of rotatable bonds is 5. The molecule has 0 saturated carbocycles. The third kappa shape index (κ3) is 3.95. The number of ether oxygens (including phenoxy) is 2. The van der Waals surface area contributed by atoms with Crippen molar-refractivity contribution in [3.8, 4) is 5.75 Å². The first-order valence-electron chi connectivity index (χ1n) is 9.05. The van der Waals surface area contributed by atoms with Crippen LogP contribution >= 0.6 is 27.3 Å². The number of amides is 1. The average Bonchev–Trinajstić information content (AvgIpc) is 3.39. The summed E-state index contributed by atoms with van der Waals surface area (Å²) < 4.78 is 17.1. The lowest BCUT2D eigenvalue weighted by Crippen LogP contribution is -2.35. The van der Waals surface area contributed by atoms with E-state index in [0.29, 0.717) is 28.5 Å². The second-order valence-electron chi connectivity index (χ2n) is 6.47. The van der Waals surface area contributed by atoms with Crippen molar-refractivity contribution < 1.29 is 23.5 Å². The van der Waals surface area contributed by atoms with E-state index in [1.165, 1.54) is 24.7 Å². The monoisotopic (exact) mass is 475 g/mol. The highest BCUT2D eigenvalue weighted by Gasteiger charge is 2.28. The van der Waals surface area contributed by atoms with Gasteiger partial charge < -0.3 is 18.8 Å². The maximum atomic E-state index is 13.1. The summed E-state index contributed by atoms with van der Waals surface area (Å²) in [5.74, 6) is 0.433. The minimum Gasteiger partial charge on any atom is -0.483 e. The molecule has 6 nitrogen and oxygen atoms in total. The molecule has 0 unspecified atom stereocenters. The zero-order valence-corrected chi connectivity index (χ0v) is 18.0. The summed E-state index contributed by atoms with van der Waals surface area (Å²) in [6, 6.07) is 11.0. The molecule has 1 amide bonds. The molecule has 0 radical (unpaired) electrons. The maximum Gasteiger partial charge on any atom is 0.341 e. The third-order valence-electron chi connectivity index (χ3n) is 4.72. The molecule has 29 heavy (non-hydrogen) atoms. The van der Waals surface area contributed by atoms with E-state index in [9.17, 15) is 9.59 Å². The van der Waals surface area contributed by atoms with Crippen LogP contribution in [0.4, 0.5) is 5.69 Å². The number of anilines is 1. The molecule has 0 saturated heterocycles.